The van der Waals surface area contributed by atoms with Gasteiger partial charge in [-0.15, -0.1) is 0 Å². The van der Waals surface area contributed by atoms with Gasteiger partial charge in [0.05, 0.1) is 90.4 Å². The molecule has 0 bridgehead atoms. The lowest BCUT2D eigenvalue weighted by atomic mass is 9.94. The van der Waals surface area contributed by atoms with E-state index in [-0.39, 0.29) is 29.7 Å². The van der Waals surface area contributed by atoms with Crippen molar-refractivity contribution in [1.82, 2.24) is 20.2 Å². The zero-order valence-electron chi connectivity index (χ0n) is 46.4. The molecule has 416 valence electrons. The third kappa shape index (κ3) is 42.5. The Morgan fingerprint density at radius 2 is 0.817 bits per heavy atom. The van der Waals surface area contributed by atoms with Gasteiger partial charge < -0.3 is 43.6 Å². The highest BCUT2D eigenvalue weighted by Crippen LogP contribution is 2.22. The number of hydrogen-bond acceptors (Lipinski definition) is 11. The standard InChI is InChI=1S/C58H110N4O9/c1-5-9-13-17-19-27-35-53(33-25-15-11-7-3)57(64)70-41-31-23-21-29-38-62(40-44-67-46-48-69-50-49-68-47-45-66-43-37-60-56(63)55-51-59-52-61-55)39-30-22-24-32-42-71-58(65)54(34-26-16-12-8-4)36-28-20-18-14-10-6-2/h51-54H,5-50H2,1-4H3,(H,59,61)(H,60,63). The molecule has 0 spiro atoms. The second-order valence-corrected chi connectivity index (χ2v) is 19.9. The maximum Gasteiger partial charge on any atom is 0.308 e. The SMILES string of the molecule is CCCCCCCCC(CCCCCC)C(=O)OCCCCCCN(CCCCCCOC(=O)C(CCCCCC)CCCCCCCC)CCOCCOCCOCCOCCNC(=O)c1cnc[nH]1. The minimum atomic E-state index is -0.205. The van der Waals surface area contributed by atoms with Gasteiger partial charge in [-0.2, -0.15) is 0 Å². The highest BCUT2D eigenvalue weighted by Gasteiger charge is 2.21. The maximum atomic E-state index is 13.1. The highest BCUT2D eigenvalue weighted by atomic mass is 16.6. The van der Waals surface area contributed by atoms with E-state index < -0.39 is 0 Å². The molecule has 1 heterocycles. The van der Waals surface area contributed by atoms with Gasteiger partial charge in [0, 0.05) is 13.1 Å². The smallest absolute Gasteiger partial charge is 0.308 e. The number of nitrogens with zero attached hydrogens (tertiary/aromatic N) is 2. The van der Waals surface area contributed by atoms with Crippen LogP contribution in [0, 0.1) is 11.8 Å². The molecule has 0 aliphatic rings. The summed E-state index contributed by atoms with van der Waals surface area (Å²) in [5.41, 5.74) is 0.426. The molecule has 1 amide bonds. The molecule has 13 heteroatoms. The van der Waals surface area contributed by atoms with E-state index in [2.05, 4.69) is 47.9 Å². The Balaban J connectivity index is 2.42. The van der Waals surface area contributed by atoms with Crippen molar-refractivity contribution in [3.8, 4) is 0 Å². The molecule has 1 aromatic heterocycles. The number of aromatic amines is 1. The molecule has 13 nitrogen and oxygen atoms in total. The van der Waals surface area contributed by atoms with Crippen molar-refractivity contribution in [2.75, 3.05) is 92.2 Å². The van der Waals surface area contributed by atoms with Gasteiger partial charge in [0.15, 0.2) is 0 Å². The van der Waals surface area contributed by atoms with E-state index in [1.165, 1.54) is 115 Å². The van der Waals surface area contributed by atoms with Gasteiger partial charge in [-0.3, -0.25) is 14.4 Å². The Kier molecular flexibility index (Phi) is 48.9. The van der Waals surface area contributed by atoms with Crippen LogP contribution < -0.4 is 5.32 Å². The first-order valence-electron chi connectivity index (χ1n) is 29.6. The number of ether oxygens (including phenoxy) is 6. The molecule has 0 fully saturated rings. The molecule has 2 N–H and O–H groups in total. The summed E-state index contributed by atoms with van der Waals surface area (Å²) in [7, 11) is 0. The first-order chi connectivity index (χ1) is 35.0. The Morgan fingerprint density at radius 1 is 0.451 bits per heavy atom. The van der Waals surface area contributed by atoms with Crippen molar-refractivity contribution in [1.29, 1.82) is 0 Å². The zero-order chi connectivity index (χ0) is 51.3. The molecule has 1 rings (SSSR count). The number of rotatable bonds is 56. The van der Waals surface area contributed by atoms with E-state index in [1.54, 1.807) is 0 Å². The Morgan fingerprint density at radius 3 is 1.24 bits per heavy atom. The predicted molar refractivity (Wildman–Crippen MR) is 290 cm³/mol. The number of H-pyrrole nitrogens is 1. The van der Waals surface area contributed by atoms with Crippen LogP contribution >= 0.6 is 0 Å². The van der Waals surface area contributed by atoms with E-state index in [1.807, 2.05) is 0 Å². The second-order valence-electron chi connectivity index (χ2n) is 19.9. The summed E-state index contributed by atoms with van der Waals surface area (Å²) < 4.78 is 34.6. The van der Waals surface area contributed by atoms with Crippen molar-refractivity contribution < 1.29 is 42.8 Å². The van der Waals surface area contributed by atoms with Crippen LogP contribution in [0.15, 0.2) is 12.5 Å². The summed E-state index contributed by atoms with van der Waals surface area (Å²) in [6.07, 6.45) is 39.9. The largest absolute Gasteiger partial charge is 0.465 e. The van der Waals surface area contributed by atoms with E-state index in [9.17, 15) is 14.4 Å². The molecule has 2 atom stereocenters. The molecule has 2 unspecified atom stereocenters. The quantitative estimate of drug-likeness (QED) is 0.0474. The van der Waals surface area contributed by atoms with E-state index in [0.29, 0.717) is 78.3 Å². The third-order valence-electron chi connectivity index (χ3n) is 13.5. The van der Waals surface area contributed by atoms with Crippen LogP contribution in [0.25, 0.3) is 0 Å². The van der Waals surface area contributed by atoms with Gasteiger partial charge in [0.2, 0.25) is 0 Å². The van der Waals surface area contributed by atoms with Crippen LogP contribution in [-0.2, 0) is 38.0 Å². The fourth-order valence-electron chi connectivity index (χ4n) is 8.90. The molecule has 0 saturated carbocycles. The number of aromatic nitrogens is 2. The van der Waals surface area contributed by atoms with Crippen molar-refractivity contribution in [3.63, 3.8) is 0 Å². The van der Waals surface area contributed by atoms with Gasteiger partial charge in [-0.1, -0.05) is 182 Å². The van der Waals surface area contributed by atoms with Crippen LogP contribution in [0.3, 0.4) is 0 Å². The van der Waals surface area contributed by atoms with E-state index >= 15 is 0 Å². The zero-order valence-corrected chi connectivity index (χ0v) is 46.4. The summed E-state index contributed by atoms with van der Waals surface area (Å²) in [5.74, 6) is -0.0117. The van der Waals surface area contributed by atoms with Crippen molar-refractivity contribution >= 4 is 17.8 Å². The number of esters is 2. The third-order valence-corrected chi connectivity index (χ3v) is 13.5. The number of carbonyl (C=O) groups is 3. The average molecular weight is 1010 g/mol. The van der Waals surface area contributed by atoms with E-state index in [0.717, 1.165) is 122 Å². The fraction of sp³-hybridized carbons (Fsp3) is 0.897. The van der Waals surface area contributed by atoms with Gasteiger partial charge in [-0.05, 0) is 64.5 Å². The van der Waals surface area contributed by atoms with Gasteiger partial charge >= 0.3 is 11.9 Å². The number of nitrogens with one attached hydrogen (secondary N) is 2. The summed E-state index contributed by atoms with van der Waals surface area (Å²) in [5, 5.41) is 2.77. The lowest BCUT2D eigenvalue weighted by molar-refractivity contribution is -0.150. The Bertz CT molecular complexity index is 1230. The summed E-state index contributed by atoms with van der Waals surface area (Å²) in [6.45, 7) is 17.4. The van der Waals surface area contributed by atoms with E-state index in [4.69, 9.17) is 28.4 Å². The molecular weight excluding hydrogens is 897 g/mol. The summed E-state index contributed by atoms with van der Waals surface area (Å²) in [4.78, 5) is 47.3. The lowest BCUT2D eigenvalue weighted by Crippen LogP contribution is -2.30. The monoisotopic (exact) mass is 1010 g/mol. The number of unbranched alkanes of at least 4 members (excludes halogenated alkanes) is 22. The minimum Gasteiger partial charge on any atom is -0.465 e. The molecule has 0 aliphatic heterocycles. The normalized spacial score (nSPS) is 12.4. The molecule has 0 saturated heterocycles. The maximum absolute atomic E-state index is 13.1. The highest BCUT2D eigenvalue weighted by molar-refractivity contribution is 5.91. The van der Waals surface area contributed by atoms with Crippen molar-refractivity contribution in [2.24, 2.45) is 11.8 Å². The van der Waals surface area contributed by atoms with Crippen LogP contribution in [-0.4, -0.2) is 125 Å². The molecule has 1 aromatic rings. The number of imidazole rings is 1. The van der Waals surface area contributed by atoms with Crippen molar-refractivity contribution in [3.05, 3.63) is 18.2 Å². The van der Waals surface area contributed by atoms with Crippen LogP contribution in [0.4, 0.5) is 0 Å². The molecule has 71 heavy (non-hydrogen) atoms. The lowest BCUT2D eigenvalue weighted by Gasteiger charge is -2.22. The number of carbonyl (C=O) groups excluding carboxylic acids is 3. The van der Waals surface area contributed by atoms with Crippen molar-refractivity contribution in [2.45, 2.75) is 233 Å². The topological polar surface area (TPSA) is 151 Å². The van der Waals surface area contributed by atoms with Gasteiger partial charge in [0.25, 0.3) is 5.91 Å². The minimum absolute atomic E-state index is 0.0352. The molecule has 0 aromatic carbocycles. The van der Waals surface area contributed by atoms with Crippen LogP contribution in [0.2, 0.25) is 0 Å². The Hall–Kier alpha value is -2.58. The number of hydrogen-bond donors (Lipinski definition) is 2. The fourth-order valence-corrected chi connectivity index (χ4v) is 8.90. The number of amides is 1. The second kappa shape index (κ2) is 52.3. The molecule has 0 aliphatic carbocycles. The first kappa shape index (κ1) is 66.4. The van der Waals surface area contributed by atoms with Crippen LogP contribution in [0.5, 0.6) is 0 Å². The van der Waals surface area contributed by atoms with Crippen LogP contribution in [0.1, 0.15) is 244 Å². The molecule has 0 radical (unpaired) electrons. The van der Waals surface area contributed by atoms with Gasteiger partial charge in [0.1, 0.15) is 5.69 Å². The first-order valence-corrected chi connectivity index (χ1v) is 29.6. The average Bonchev–Trinajstić information content (AvgIpc) is 3.93. The van der Waals surface area contributed by atoms with Gasteiger partial charge in [-0.25, -0.2) is 4.98 Å². The summed E-state index contributed by atoms with van der Waals surface area (Å²) in [6, 6.07) is 0. The Labute approximate surface area is 434 Å². The predicted octanol–water partition coefficient (Wildman–Crippen LogP) is 13.4. The summed E-state index contributed by atoms with van der Waals surface area (Å²) >= 11 is 0. The molecular formula is C58H110N4O9.